The number of benzene rings is 2. The molecule has 3 nitrogen and oxygen atoms in total. The second-order valence-electron chi connectivity index (χ2n) is 8.68. The van der Waals surface area contributed by atoms with Crippen LogP contribution in [0.2, 0.25) is 0 Å². The lowest BCUT2D eigenvalue weighted by Gasteiger charge is -2.19. The lowest BCUT2D eigenvalue weighted by atomic mass is 9.99. The average molecular weight is 398 g/mol. The molecule has 0 fully saturated rings. The van der Waals surface area contributed by atoms with E-state index < -0.39 is 14.6 Å². The molecule has 0 aromatic heterocycles. The van der Waals surface area contributed by atoms with Gasteiger partial charge in [0.1, 0.15) is 0 Å². The SMILES string of the molecule is Cc1cc(N2CC=CC2)ccc1CCc1ccc(CS(=O)(=O)C(C)(C)C)cc1. The lowest BCUT2D eigenvalue weighted by molar-refractivity contribution is 0.559. The predicted octanol–water partition coefficient (Wildman–Crippen LogP) is 4.87. The molecular formula is C24H31NO2S. The smallest absolute Gasteiger partial charge is 0.159 e. The Hall–Kier alpha value is -2.07. The van der Waals surface area contributed by atoms with Crippen LogP contribution in [0.1, 0.15) is 43.0 Å². The molecule has 1 aliphatic heterocycles. The molecule has 0 bridgehead atoms. The van der Waals surface area contributed by atoms with Gasteiger partial charge in [0.15, 0.2) is 9.84 Å². The Morgan fingerprint density at radius 3 is 2.07 bits per heavy atom. The predicted molar refractivity (Wildman–Crippen MR) is 119 cm³/mol. The standard InChI is InChI=1S/C24H31NO2S/c1-19-17-23(25-15-5-6-16-25)14-13-22(19)12-11-20-7-9-21(10-8-20)18-28(26,27)24(2,3)4/h5-10,13-14,17H,11-12,15-16,18H2,1-4H3. The van der Waals surface area contributed by atoms with E-state index in [0.29, 0.717) is 0 Å². The van der Waals surface area contributed by atoms with Gasteiger partial charge in [-0.05, 0) is 74.9 Å². The van der Waals surface area contributed by atoms with E-state index in [9.17, 15) is 8.42 Å². The van der Waals surface area contributed by atoms with E-state index in [2.05, 4.69) is 54.3 Å². The van der Waals surface area contributed by atoms with Crippen LogP contribution in [-0.4, -0.2) is 26.3 Å². The zero-order chi connectivity index (χ0) is 20.4. The third-order valence-corrected chi connectivity index (χ3v) is 8.08. The summed E-state index contributed by atoms with van der Waals surface area (Å²) in [5, 5.41) is 0. The van der Waals surface area contributed by atoms with Crippen molar-refractivity contribution < 1.29 is 8.42 Å². The van der Waals surface area contributed by atoms with E-state index >= 15 is 0 Å². The summed E-state index contributed by atoms with van der Waals surface area (Å²) in [7, 11) is -3.14. The Kier molecular flexibility index (Phi) is 5.99. The van der Waals surface area contributed by atoms with Crippen molar-refractivity contribution in [3.63, 3.8) is 0 Å². The van der Waals surface area contributed by atoms with Crippen molar-refractivity contribution in [3.05, 3.63) is 76.9 Å². The van der Waals surface area contributed by atoms with Crippen molar-refractivity contribution >= 4 is 15.5 Å². The summed E-state index contributed by atoms with van der Waals surface area (Å²) in [4.78, 5) is 2.36. The summed E-state index contributed by atoms with van der Waals surface area (Å²) in [6.07, 6.45) is 6.36. The van der Waals surface area contributed by atoms with Gasteiger partial charge in [-0.2, -0.15) is 0 Å². The van der Waals surface area contributed by atoms with Gasteiger partial charge >= 0.3 is 0 Å². The molecule has 0 radical (unpaired) electrons. The van der Waals surface area contributed by atoms with Crippen LogP contribution in [0.25, 0.3) is 0 Å². The number of rotatable bonds is 6. The summed E-state index contributed by atoms with van der Waals surface area (Å²) < 4.78 is 24.0. The van der Waals surface area contributed by atoms with E-state index in [1.54, 1.807) is 20.8 Å². The van der Waals surface area contributed by atoms with Gasteiger partial charge in [-0.1, -0.05) is 42.5 Å². The van der Waals surface area contributed by atoms with Crippen LogP contribution in [0.4, 0.5) is 5.69 Å². The van der Waals surface area contributed by atoms with Crippen LogP contribution in [0.15, 0.2) is 54.6 Å². The first kappa shape index (κ1) is 20.7. The van der Waals surface area contributed by atoms with Crippen LogP contribution in [0.3, 0.4) is 0 Å². The van der Waals surface area contributed by atoms with Crippen molar-refractivity contribution in [2.45, 2.75) is 51.0 Å². The summed E-state index contributed by atoms with van der Waals surface area (Å²) in [5.41, 5.74) is 6.09. The molecule has 2 aromatic rings. The third-order valence-electron chi connectivity index (χ3n) is 5.51. The normalized spacial score (nSPS) is 14.6. The van der Waals surface area contributed by atoms with Crippen molar-refractivity contribution in [3.8, 4) is 0 Å². The van der Waals surface area contributed by atoms with Crippen LogP contribution >= 0.6 is 0 Å². The molecule has 4 heteroatoms. The molecule has 0 saturated heterocycles. The van der Waals surface area contributed by atoms with Crippen molar-refractivity contribution in [2.75, 3.05) is 18.0 Å². The first-order chi connectivity index (χ1) is 13.2. The quantitative estimate of drug-likeness (QED) is 0.653. The highest BCUT2D eigenvalue weighted by molar-refractivity contribution is 7.91. The van der Waals surface area contributed by atoms with Gasteiger partial charge in [0, 0.05) is 18.8 Å². The van der Waals surface area contributed by atoms with Crippen LogP contribution in [0, 0.1) is 6.92 Å². The van der Waals surface area contributed by atoms with Gasteiger partial charge in [0.05, 0.1) is 10.5 Å². The van der Waals surface area contributed by atoms with Crippen LogP contribution < -0.4 is 4.90 Å². The molecule has 0 aliphatic carbocycles. The molecule has 0 atom stereocenters. The fourth-order valence-electron chi connectivity index (χ4n) is 3.36. The maximum absolute atomic E-state index is 12.4. The van der Waals surface area contributed by atoms with E-state index in [1.807, 2.05) is 12.1 Å². The number of aryl methyl sites for hydroxylation is 3. The second kappa shape index (κ2) is 8.12. The zero-order valence-corrected chi connectivity index (χ0v) is 18.2. The lowest BCUT2D eigenvalue weighted by Crippen LogP contribution is -2.29. The topological polar surface area (TPSA) is 37.4 Å². The number of anilines is 1. The van der Waals surface area contributed by atoms with Crippen molar-refractivity contribution in [1.29, 1.82) is 0 Å². The fourth-order valence-corrected chi connectivity index (χ4v) is 4.43. The van der Waals surface area contributed by atoms with Gasteiger partial charge in [-0.25, -0.2) is 8.42 Å². The monoisotopic (exact) mass is 397 g/mol. The van der Waals surface area contributed by atoms with Gasteiger partial charge in [-0.15, -0.1) is 0 Å². The van der Waals surface area contributed by atoms with Gasteiger partial charge in [0.2, 0.25) is 0 Å². The molecule has 0 amide bonds. The zero-order valence-electron chi connectivity index (χ0n) is 17.4. The molecule has 28 heavy (non-hydrogen) atoms. The number of sulfone groups is 1. The molecule has 0 unspecified atom stereocenters. The molecule has 1 heterocycles. The summed E-state index contributed by atoms with van der Waals surface area (Å²) >= 11 is 0. The Morgan fingerprint density at radius 2 is 1.50 bits per heavy atom. The van der Waals surface area contributed by atoms with Crippen LogP contribution in [0.5, 0.6) is 0 Å². The van der Waals surface area contributed by atoms with Gasteiger partial charge in [0.25, 0.3) is 0 Å². The molecule has 0 saturated carbocycles. The average Bonchev–Trinajstić information content (AvgIpc) is 3.15. The highest BCUT2D eigenvalue weighted by Crippen LogP contribution is 2.23. The first-order valence-corrected chi connectivity index (χ1v) is 11.6. The molecule has 1 aliphatic rings. The maximum Gasteiger partial charge on any atom is 0.159 e. The fraction of sp³-hybridized carbons (Fsp3) is 0.417. The van der Waals surface area contributed by atoms with Gasteiger partial charge in [-0.3, -0.25) is 0 Å². The summed E-state index contributed by atoms with van der Waals surface area (Å²) in [5.74, 6) is 0.0999. The Morgan fingerprint density at radius 1 is 0.893 bits per heavy atom. The van der Waals surface area contributed by atoms with E-state index in [-0.39, 0.29) is 5.75 Å². The minimum atomic E-state index is -3.14. The van der Waals surface area contributed by atoms with Crippen molar-refractivity contribution in [2.24, 2.45) is 0 Å². The Bertz CT molecular complexity index is 943. The largest absolute Gasteiger partial charge is 0.364 e. The minimum Gasteiger partial charge on any atom is -0.364 e. The Labute approximate surface area is 170 Å². The van der Waals surface area contributed by atoms with E-state index in [0.717, 1.165) is 31.5 Å². The Balaban J connectivity index is 1.61. The highest BCUT2D eigenvalue weighted by atomic mass is 32.2. The second-order valence-corrected chi connectivity index (χ2v) is 11.4. The van der Waals surface area contributed by atoms with Crippen LogP contribution in [-0.2, 0) is 28.4 Å². The summed E-state index contributed by atoms with van der Waals surface area (Å²) in [6, 6.07) is 14.8. The summed E-state index contributed by atoms with van der Waals surface area (Å²) in [6.45, 7) is 9.44. The van der Waals surface area contributed by atoms with Gasteiger partial charge < -0.3 is 4.90 Å². The van der Waals surface area contributed by atoms with E-state index in [1.165, 1.54) is 22.4 Å². The number of hydrogen-bond donors (Lipinski definition) is 0. The first-order valence-electron chi connectivity index (χ1n) is 9.95. The molecular weight excluding hydrogens is 366 g/mol. The molecule has 2 aromatic carbocycles. The molecule has 3 rings (SSSR count). The molecule has 0 spiro atoms. The number of nitrogens with zero attached hydrogens (tertiary/aromatic N) is 1. The third kappa shape index (κ3) is 4.85. The number of hydrogen-bond acceptors (Lipinski definition) is 3. The molecule has 0 N–H and O–H groups in total. The van der Waals surface area contributed by atoms with Crippen molar-refractivity contribution in [1.82, 2.24) is 0 Å². The maximum atomic E-state index is 12.4. The minimum absolute atomic E-state index is 0.0999. The van der Waals surface area contributed by atoms with E-state index in [4.69, 9.17) is 0 Å². The highest BCUT2D eigenvalue weighted by Gasteiger charge is 2.28. The molecule has 150 valence electrons.